The van der Waals surface area contributed by atoms with Gasteiger partial charge in [-0.1, -0.05) is 12.1 Å². The van der Waals surface area contributed by atoms with Crippen molar-refractivity contribution in [3.05, 3.63) is 36.0 Å². The fourth-order valence-electron chi connectivity index (χ4n) is 1.91. The van der Waals surface area contributed by atoms with Crippen LogP contribution in [0.1, 0.15) is 18.4 Å². The second-order valence-corrected chi connectivity index (χ2v) is 4.30. The number of H-pyrrole nitrogens is 1. The van der Waals surface area contributed by atoms with E-state index in [1.807, 2.05) is 6.20 Å². The molecule has 1 aliphatic carbocycles. The highest BCUT2D eigenvalue weighted by Crippen LogP contribution is 2.38. The number of nitrogens with one attached hydrogen (secondary N) is 1. The Balaban J connectivity index is 1.97. The average Bonchev–Trinajstić information content (AvgIpc) is 2.73. The molecule has 0 unspecified atom stereocenters. The molecule has 0 amide bonds. The second-order valence-electron chi connectivity index (χ2n) is 4.30. The van der Waals surface area contributed by atoms with Crippen molar-refractivity contribution in [3.63, 3.8) is 0 Å². The predicted octanol–water partition coefficient (Wildman–Crippen LogP) is 2.24. The number of aromatic nitrogens is 1. The second kappa shape index (κ2) is 2.61. The van der Waals surface area contributed by atoms with Crippen LogP contribution in [-0.4, -0.2) is 15.7 Å². The highest BCUT2D eigenvalue weighted by Gasteiger charge is 2.40. The Hall–Kier alpha value is -1.28. The van der Waals surface area contributed by atoms with Crippen molar-refractivity contribution in [2.24, 2.45) is 0 Å². The summed E-state index contributed by atoms with van der Waals surface area (Å²) in [6.45, 7) is 0. The zero-order valence-corrected chi connectivity index (χ0v) is 7.96. The Morgan fingerprint density at radius 3 is 2.93 bits per heavy atom. The highest BCUT2D eigenvalue weighted by atomic mass is 16.3. The maximum Gasteiger partial charge on any atom is 0.0690 e. The van der Waals surface area contributed by atoms with Gasteiger partial charge in [-0.3, -0.25) is 0 Å². The van der Waals surface area contributed by atoms with E-state index in [0.717, 1.165) is 24.8 Å². The third kappa shape index (κ3) is 1.32. The van der Waals surface area contributed by atoms with E-state index in [1.54, 1.807) is 0 Å². The van der Waals surface area contributed by atoms with Gasteiger partial charge in [-0.15, -0.1) is 0 Å². The number of aromatic amines is 1. The maximum atomic E-state index is 9.79. The van der Waals surface area contributed by atoms with E-state index < -0.39 is 0 Å². The molecule has 1 aromatic heterocycles. The minimum Gasteiger partial charge on any atom is -0.390 e. The van der Waals surface area contributed by atoms with Crippen molar-refractivity contribution in [2.75, 3.05) is 0 Å². The molecule has 0 aliphatic heterocycles. The summed E-state index contributed by atoms with van der Waals surface area (Å²) in [4.78, 5) is 3.18. The topological polar surface area (TPSA) is 36.0 Å². The first-order valence-corrected chi connectivity index (χ1v) is 5.04. The largest absolute Gasteiger partial charge is 0.390 e. The Morgan fingerprint density at radius 1 is 1.29 bits per heavy atom. The van der Waals surface area contributed by atoms with Crippen LogP contribution in [0.2, 0.25) is 0 Å². The summed E-state index contributed by atoms with van der Waals surface area (Å²) in [7, 11) is 0. The van der Waals surface area contributed by atoms with Crippen molar-refractivity contribution in [1.82, 2.24) is 4.98 Å². The zero-order valence-electron chi connectivity index (χ0n) is 7.96. The number of aliphatic hydroxyl groups is 1. The fraction of sp³-hybridized carbons (Fsp3) is 0.333. The van der Waals surface area contributed by atoms with E-state index in [9.17, 15) is 5.11 Å². The fourth-order valence-corrected chi connectivity index (χ4v) is 1.91. The maximum absolute atomic E-state index is 9.79. The minimum absolute atomic E-state index is 0.389. The number of hydrogen-bond donors (Lipinski definition) is 2. The van der Waals surface area contributed by atoms with Crippen LogP contribution in [0.15, 0.2) is 30.5 Å². The van der Waals surface area contributed by atoms with Crippen molar-refractivity contribution in [3.8, 4) is 0 Å². The van der Waals surface area contributed by atoms with Crippen LogP contribution in [0.5, 0.6) is 0 Å². The van der Waals surface area contributed by atoms with Gasteiger partial charge in [0.2, 0.25) is 0 Å². The van der Waals surface area contributed by atoms with Gasteiger partial charge in [0, 0.05) is 18.1 Å². The molecule has 1 aromatic carbocycles. The smallest absolute Gasteiger partial charge is 0.0690 e. The Morgan fingerprint density at radius 2 is 2.14 bits per heavy atom. The molecule has 1 aliphatic rings. The number of fused-ring (bicyclic) bond motifs is 1. The van der Waals surface area contributed by atoms with Gasteiger partial charge in [0.15, 0.2) is 0 Å². The molecule has 1 fully saturated rings. The quantitative estimate of drug-likeness (QED) is 0.743. The van der Waals surface area contributed by atoms with E-state index >= 15 is 0 Å². The summed E-state index contributed by atoms with van der Waals surface area (Å²) in [6.07, 6.45) is 4.65. The summed E-state index contributed by atoms with van der Waals surface area (Å²) >= 11 is 0. The molecule has 1 heterocycles. The summed E-state index contributed by atoms with van der Waals surface area (Å²) in [5.74, 6) is 0. The lowest BCUT2D eigenvalue weighted by atomic mass is 10.1. The van der Waals surface area contributed by atoms with E-state index in [1.165, 1.54) is 10.9 Å². The SMILES string of the molecule is OC1(Cc2ccc3cc[nH]c3c2)CC1. The Bertz CT molecular complexity index is 468. The van der Waals surface area contributed by atoms with Gasteiger partial charge in [0.25, 0.3) is 0 Å². The summed E-state index contributed by atoms with van der Waals surface area (Å²) < 4.78 is 0. The first kappa shape index (κ1) is 8.06. The van der Waals surface area contributed by atoms with Crippen LogP contribution in [-0.2, 0) is 6.42 Å². The van der Waals surface area contributed by atoms with Gasteiger partial charge in [-0.05, 0) is 35.9 Å². The third-order valence-electron chi connectivity index (χ3n) is 2.98. The lowest BCUT2D eigenvalue weighted by Gasteiger charge is -2.06. The lowest BCUT2D eigenvalue weighted by Crippen LogP contribution is -2.10. The molecule has 2 N–H and O–H groups in total. The summed E-state index contributed by atoms with van der Waals surface area (Å²) in [5.41, 5.74) is 1.99. The van der Waals surface area contributed by atoms with Crippen molar-refractivity contribution >= 4 is 10.9 Å². The van der Waals surface area contributed by atoms with Gasteiger partial charge in [0.05, 0.1) is 5.60 Å². The van der Waals surface area contributed by atoms with Crippen LogP contribution in [0.25, 0.3) is 10.9 Å². The van der Waals surface area contributed by atoms with Gasteiger partial charge >= 0.3 is 0 Å². The van der Waals surface area contributed by atoms with E-state index in [4.69, 9.17) is 0 Å². The minimum atomic E-state index is -0.389. The van der Waals surface area contributed by atoms with Crippen LogP contribution in [0.4, 0.5) is 0 Å². The molecule has 0 radical (unpaired) electrons. The monoisotopic (exact) mass is 187 g/mol. The molecule has 0 atom stereocenters. The number of hydrogen-bond acceptors (Lipinski definition) is 1. The third-order valence-corrected chi connectivity index (χ3v) is 2.98. The summed E-state index contributed by atoms with van der Waals surface area (Å²) in [6, 6.07) is 8.40. The molecule has 0 spiro atoms. The van der Waals surface area contributed by atoms with Gasteiger partial charge in [-0.2, -0.15) is 0 Å². The highest BCUT2D eigenvalue weighted by molar-refractivity contribution is 5.79. The molecule has 0 bridgehead atoms. The normalized spacial score (nSPS) is 18.6. The van der Waals surface area contributed by atoms with Crippen LogP contribution in [0, 0.1) is 0 Å². The first-order valence-electron chi connectivity index (χ1n) is 5.04. The van der Waals surface area contributed by atoms with Crippen molar-refractivity contribution in [1.29, 1.82) is 0 Å². The van der Waals surface area contributed by atoms with Gasteiger partial charge < -0.3 is 10.1 Å². The molecule has 2 aromatic rings. The standard InChI is InChI=1S/C12H13NO/c14-12(4-5-12)8-9-1-2-10-3-6-13-11(10)7-9/h1-3,6-7,13-14H,4-5,8H2. The van der Waals surface area contributed by atoms with E-state index in [-0.39, 0.29) is 5.60 Å². The van der Waals surface area contributed by atoms with Crippen LogP contribution in [0.3, 0.4) is 0 Å². The molecule has 3 rings (SSSR count). The van der Waals surface area contributed by atoms with Crippen molar-refractivity contribution < 1.29 is 5.11 Å². The van der Waals surface area contributed by atoms with E-state index in [2.05, 4.69) is 29.2 Å². The Labute approximate surface area is 82.6 Å². The molecule has 1 saturated carbocycles. The Kier molecular flexibility index (Phi) is 1.50. The molecule has 2 heteroatoms. The van der Waals surface area contributed by atoms with Gasteiger partial charge in [-0.25, -0.2) is 0 Å². The summed E-state index contributed by atoms with van der Waals surface area (Å²) in [5, 5.41) is 11.0. The number of rotatable bonds is 2. The van der Waals surface area contributed by atoms with Gasteiger partial charge in [0.1, 0.15) is 0 Å². The molecular weight excluding hydrogens is 174 g/mol. The van der Waals surface area contributed by atoms with Crippen LogP contribution >= 0.6 is 0 Å². The van der Waals surface area contributed by atoms with Crippen LogP contribution < -0.4 is 0 Å². The predicted molar refractivity (Wildman–Crippen MR) is 56.2 cm³/mol. The zero-order chi connectivity index (χ0) is 9.60. The first-order chi connectivity index (χ1) is 6.75. The molecule has 72 valence electrons. The average molecular weight is 187 g/mol. The molecule has 14 heavy (non-hydrogen) atoms. The lowest BCUT2D eigenvalue weighted by molar-refractivity contribution is 0.151. The number of benzene rings is 1. The van der Waals surface area contributed by atoms with Crippen molar-refractivity contribution in [2.45, 2.75) is 24.9 Å². The van der Waals surface area contributed by atoms with E-state index in [0.29, 0.717) is 0 Å². The molecular formula is C12H13NO. The molecule has 2 nitrogen and oxygen atoms in total. The molecule has 0 saturated heterocycles.